The van der Waals surface area contributed by atoms with Gasteiger partial charge in [0.05, 0.1) is 22.8 Å². The molecule has 142 valence electrons. The molecule has 0 spiro atoms. The molecule has 0 saturated carbocycles. The van der Waals surface area contributed by atoms with Gasteiger partial charge in [-0.2, -0.15) is 0 Å². The molecule has 0 saturated heterocycles. The Morgan fingerprint density at radius 3 is 2.82 bits per heavy atom. The van der Waals surface area contributed by atoms with E-state index in [9.17, 15) is 9.59 Å². The fraction of sp³-hybridized carbons (Fsp3) is 0.150. The molecule has 1 atom stereocenters. The van der Waals surface area contributed by atoms with Gasteiger partial charge in [-0.25, -0.2) is 4.98 Å². The molecule has 1 amide bonds. The minimum atomic E-state index is -0.345. The summed E-state index contributed by atoms with van der Waals surface area (Å²) in [4.78, 5) is 31.9. The Labute approximate surface area is 174 Å². The van der Waals surface area contributed by atoms with E-state index in [1.807, 2.05) is 31.2 Å². The highest BCUT2D eigenvalue weighted by Gasteiger charge is 2.22. The number of thioether (sulfide) groups is 1. The summed E-state index contributed by atoms with van der Waals surface area (Å²) < 4.78 is 6.34. The predicted octanol–water partition coefficient (Wildman–Crippen LogP) is 4.53. The van der Waals surface area contributed by atoms with Gasteiger partial charge in [0.1, 0.15) is 5.75 Å². The first-order valence-corrected chi connectivity index (χ1v) is 10.3. The zero-order valence-electron chi connectivity index (χ0n) is 14.9. The minimum absolute atomic E-state index is 0.00819. The Morgan fingerprint density at radius 2 is 2.04 bits per heavy atom. The molecule has 1 aromatic heterocycles. The summed E-state index contributed by atoms with van der Waals surface area (Å²) in [5, 5.41) is 3.05. The average Bonchev–Trinajstić information content (AvgIpc) is 3.15. The van der Waals surface area contributed by atoms with Gasteiger partial charge in [-0.05, 0) is 42.8 Å². The number of benzene rings is 2. The van der Waals surface area contributed by atoms with E-state index in [0.29, 0.717) is 22.2 Å². The van der Waals surface area contributed by atoms with Crippen molar-refractivity contribution in [3.63, 3.8) is 0 Å². The lowest BCUT2D eigenvalue weighted by molar-refractivity contribution is -0.118. The number of carbonyl (C=O) groups excluding carboxylic acids is 2. The van der Waals surface area contributed by atoms with Gasteiger partial charge < -0.3 is 15.0 Å². The summed E-state index contributed by atoms with van der Waals surface area (Å²) in [6, 6.07) is 13.0. The lowest BCUT2D eigenvalue weighted by atomic mass is 10.1. The number of amides is 1. The van der Waals surface area contributed by atoms with Crippen molar-refractivity contribution in [3.8, 4) is 17.0 Å². The lowest BCUT2D eigenvalue weighted by Crippen LogP contribution is -2.25. The summed E-state index contributed by atoms with van der Waals surface area (Å²) in [5.74, 6) is 0.298. The van der Waals surface area contributed by atoms with Crippen molar-refractivity contribution in [2.75, 3.05) is 11.9 Å². The summed E-state index contributed by atoms with van der Waals surface area (Å²) in [7, 11) is 0. The second-order valence-corrected chi connectivity index (χ2v) is 8.53. The third-order valence-corrected chi connectivity index (χ3v) is 5.79. The van der Waals surface area contributed by atoms with Gasteiger partial charge in [0.2, 0.25) is 0 Å². The Hall–Kier alpha value is -2.58. The number of carbonyl (C=O) groups is 2. The van der Waals surface area contributed by atoms with Crippen LogP contribution in [-0.4, -0.2) is 33.5 Å². The van der Waals surface area contributed by atoms with E-state index in [4.69, 9.17) is 4.74 Å². The summed E-state index contributed by atoms with van der Waals surface area (Å²) in [6.45, 7) is 1.83. The van der Waals surface area contributed by atoms with Gasteiger partial charge in [-0.3, -0.25) is 9.59 Å². The van der Waals surface area contributed by atoms with Crippen LogP contribution in [0.1, 0.15) is 17.3 Å². The number of halogens is 1. The minimum Gasteiger partial charge on any atom is -0.482 e. The van der Waals surface area contributed by atoms with Crippen LogP contribution in [0.4, 0.5) is 5.69 Å². The molecular formula is C20H16BrN3O3S. The first-order valence-electron chi connectivity index (χ1n) is 8.58. The molecule has 2 aromatic carbocycles. The van der Waals surface area contributed by atoms with Crippen LogP contribution in [0.3, 0.4) is 0 Å². The molecule has 0 bridgehead atoms. The number of ether oxygens (including phenoxy) is 1. The van der Waals surface area contributed by atoms with Gasteiger partial charge in [0, 0.05) is 10.0 Å². The van der Waals surface area contributed by atoms with Crippen molar-refractivity contribution in [2.45, 2.75) is 17.3 Å². The zero-order valence-corrected chi connectivity index (χ0v) is 17.3. The quantitative estimate of drug-likeness (QED) is 0.434. The molecule has 2 heterocycles. The van der Waals surface area contributed by atoms with Crippen molar-refractivity contribution < 1.29 is 14.3 Å². The van der Waals surface area contributed by atoms with Crippen LogP contribution in [-0.2, 0) is 4.79 Å². The molecule has 2 N–H and O–H groups in total. The zero-order chi connectivity index (χ0) is 19.7. The van der Waals surface area contributed by atoms with Crippen LogP contribution in [0.25, 0.3) is 11.3 Å². The number of hydrogen-bond donors (Lipinski definition) is 2. The monoisotopic (exact) mass is 457 g/mol. The Balaban J connectivity index is 1.47. The highest BCUT2D eigenvalue weighted by Crippen LogP contribution is 2.31. The van der Waals surface area contributed by atoms with Gasteiger partial charge >= 0.3 is 0 Å². The summed E-state index contributed by atoms with van der Waals surface area (Å²) in [6.07, 6.45) is 1.76. The maximum Gasteiger partial charge on any atom is 0.262 e. The van der Waals surface area contributed by atoms with Crippen LogP contribution in [0.5, 0.6) is 5.75 Å². The maximum atomic E-state index is 12.8. The first kappa shape index (κ1) is 18.8. The van der Waals surface area contributed by atoms with Crippen LogP contribution in [0, 0.1) is 0 Å². The number of Topliss-reactive ketones (excluding diaryl/α,β-unsaturated/α-hetero) is 1. The summed E-state index contributed by atoms with van der Waals surface area (Å²) >= 11 is 4.78. The van der Waals surface area contributed by atoms with Crippen LogP contribution in [0.15, 0.2) is 58.3 Å². The van der Waals surface area contributed by atoms with Gasteiger partial charge in [-0.1, -0.05) is 39.8 Å². The van der Waals surface area contributed by atoms with E-state index in [-0.39, 0.29) is 23.5 Å². The third-order valence-electron chi connectivity index (χ3n) is 4.26. The highest BCUT2D eigenvalue weighted by atomic mass is 79.9. The molecule has 28 heavy (non-hydrogen) atoms. The molecule has 4 rings (SSSR count). The highest BCUT2D eigenvalue weighted by molar-refractivity contribution is 9.10. The van der Waals surface area contributed by atoms with Crippen molar-refractivity contribution in [1.82, 2.24) is 9.97 Å². The largest absolute Gasteiger partial charge is 0.482 e. The number of imidazole rings is 1. The predicted molar refractivity (Wildman–Crippen MR) is 112 cm³/mol. The normalized spacial score (nSPS) is 14.0. The summed E-state index contributed by atoms with van der Waals surface area (Å²) in [5.41, 5.74) is 2.95. The van der Waals surface area contributed by atoms with E-state index >= 15 is 0 Å². The molecule has 1 unspecified atom stereocenters. The Kier molecular flexibility index (Phi) is 5.23. The second kappa shape index (κ2) is 7.81. The number of aromatic amines is 1. The van der Waals surface area contributed by atoms with Crippen molar-refractivity contribution in [2.24, 2.45) is 0 Å². The number of ketones is 1. The smallest absolute Gasteiger partial charge is 0.262 e. The topological polar surface area (TPSA) is 84.1 Å². The molecule has 1 aliphatic rings. The Morgan fingerprint density at radius 1 is 1.25 bits per heavy atom. The number of H-pyrrole nitrogens is 1. The van der Waals surface area contributed by atoms with Crippen LogP contribution < -0.4 is 10.1 Å². The molecular weight excluding hydrogens is 442 g/mol. The number of nitrogens with one attached hydrogen (secondary N) is 2. The lowest BCUT2D eigenvalue weighted by Gasteiger charge is -2.18. The number of rotatable bonds is 5. The molecule has 1 aliphatic heterocycles. The maximum absolute atomic E-state index is 12.8. The number of fused-ring (bicyclic) bond motifs is 1. The molecule has 0 fully saturated rings. The van der Waals surface area contributed by atoms with E-state index in [1.54, 1.807) is 24.4 Å². The third kappa shape index (κ3) is 3.98. The van der Waals surface area contributed by atoms with Gasteiger partial charge in [0.25, 0.3) is 5.91 Å². The van der Waals surface area contributed by atoms with Crippen molar-refractivity contribution >= 4 is 45.1 Å². The van der Waals surface area contributed by atoms with Crippen LogP contribution >= 0.6 is 27.7 Å². The van der Waals surface area contributed by atoms with Crippen molar-refractivity contribution in [3.05, 3.63) is 58.7 Å². The van der Waals surface area contributed by atoms with Gasteiger partial charge in [-0.15, -0.1) is 0 Å². The molecule has 8 heteroatoms. The Bertz CT molecular complexity index is 1050. The fourth-order valence-electron chi connectivity index (χ4n) is 2.83. The average molecular weight is 458 g/mol. The van der Waals surface area contributed by atoms with Crippen LogP contribution in [0.2, 0.25) is 0 Å². The second-order valence-electron chi connectivity index (χ2n) is 6.28. The van der Waals surface area contributed by atoms with E-state index in [0.717, 1.165) is 15.7 Å². The molecule has 0 aliphatic carbocycles. The number of nitrogens with zero attached hydrogens (tertiary/aromatic N) is 1. The number of hydrogen-bond acceptors (Lipinski definition) is 5. The fourth-order valence-corrected chi connectivity index (χ4v) is 3.96. The van der Waals surface area contributed by atoms with E-state index in [1.165, 1.54) is 11.8 Å². The molecule has 3 aromatic rings. The number of aromatic nitrogens is 2. The molecule has 0 radical (unpaired) electrons. The van der Waals surface area contributed by atoms with E-state index < -0.39 is 0 Å². The molecule has 6 nitrogen and oxygen atoms in total. The number of anilines is 1. The van der Waals surface area contributed by atoms with Gasteiger partial charge in [0.15, 0.2) is 17.5 Å². The SMILES string of the molecule is CC(Sc1ncc(-c2ccc(Br)cc2)[nH]1)C(=O)c1ccc2c(c1)NC(=O)CO2. The first-order chi connectivity index (χ1) is 13.5. The van der Waals surface area contributed by atoms with E-state index in [2.05, 4.69) is 31.2 Å². The van der Waals surface area contributed by atoms with Crippen molar-refractivity contribution in [1.29, 1.82) is 0 Å². The standard InChI is InChI=1S/C20H16BrN3O3S/c1-11(19(26)13-4-7-17-15(8-13)23-18(25)10-27-17)28-20-22-9-16(24-20)12-2-5-14(21)6-3-12/h2-9,11H,10H2,1H3,(H,22,24)(H,23,25).